The SMILES string of the molecule is Cc1cc(Br)c(NC(=O)CSc2nc3ccccc3c(=O)n2-c2ccccc2C)c(Br)c1. The highest BCUT2D eigenvalue weighted by atomic mass is 79.9. The number of aryl methyl sites for hydroxylation is 2. The maximum absolute atomic E-state index is 13.4. The van der Waals surface area contributed by atoms with Gasteiger partial charge in [0.25, 0.3) is 5.56 Å². The Hall–Kier alpha value is -2.42. The molecule has 0 aliphatic carbocycles. The van der Waals surface area contributed by atoms with E-state index in [1.54, 1.807) is 10.6 Å². The van der Waals surface area contributed by atoms with Crippen LogP contribution in [0.3, 0.4) is 0 Å². The Morgan fingerprint density at radius 3 is 2.41 bits per heavy atom. The number of nitrogens with zero attached hydrogens (tertiary/aromatic N) is 2. The van der Waals surface area contributed by atoms with Crippen LogP contribution in [-0.4, -0.2) is 21.2 Å². The molecule has 32 heavy (non-hydrogen) atoms. The molecule has 0 bridgehead atoms. The quantitative estimate of drug-likeness (QED) is 0.226. The summed E-state index contributed by atoms with van der Waals surface area (Å²) >= 11 is 8.23. The fraction of sp³-hybridized carbons (Fsp3) is 0.125. The molecule has 0 spiro atoms. The lowest BCUT2D eigenvalue weighted by Gasteiger charge is -2.15. The number of thioether (sulfide) groups is 1. The Bertz CT molecular complexity index is 1380. The number of anilines is 1. The van der Waals surface area contributed by atoms with Gasteiger partial charge < -0.3 is 5.32 Å². The fourth-order valence-corrected chi connectivity index (χ4v) is 5.78. The molecule has 0 saturated heterocycles. The van der Waals surface area contributed by atoms with Crippen LogP contribution in [0.25, 0.3) is 16.6 Å². The van der Waals surface area contributed by atoms with Crippen LogP contribution in [0.5, 0.6) is 0 Å². The van der Waals surface area contributed by atoms with E-state index in [9.17, 15) is 9.59 Å². The second kappa shape index (κ2) is 9.60. The summed E-state index contributed by atoms with van der Waals surface area (Å²) in [4.78, 5) is 30.8. The lowest BCUT2D eigenvalue weighted by Crippen LogP contribution is -2.23. The summed E-state index contributed by atoms with van der Waals surface area (Å²) in [5.74, 6) is -0.0948. The van der Waals surface area contributed by atoms with Crippen molar-refractivity contribution in [2.75, 3.05) is 11.1 Å². The minimum absolute atomic E-state index is 0.101. The molecular formula is C24H19Br2N3O2S. The third kappa shape index (κ3) is 4.67. The first-order valence-corrected chi connectivity index (χ1v) is 12.4. The molecule has 1 amide bonds. The van der Waals surface area contributed by atoms with Crippen LogP contribution in [0.2, 0.25) is 0 Å². The molecule has 0 unspecified atom stereocenters. The predicted molar refractivity (Wildman–Crippen MR) is 138 cm³/mol. The van der Waals surface area contributed by atoms with Gasteiger partial charge in [0.1, 0.15) is 0 Å². The second-order valence-electron chi connectivity index (χ2n) is 7.28. The molecule has 8 heteroatoms. The zero-order chi connectivity index (χ0) is 22.8. The monoisotopic (exact) mass is 571 g/mol. The molecule has 1 heterocycles. The summed E-state index contributed by atoms with van der Waals surface area (Å²) in [5, 5.41) is 3.94. The van der Waals surface area contributed by atoms with E-state index >= 15 is 0 Å². The van der Waals surface area contributed by atoms with Gasteiger partial charge in [-0.15, -0.1) is 0 Å². The molecule has 0 aliphatic heterocycles. The Morgan fingerprint density at radius 2 is 1.69 bits per heavy atom. The molecule has 3 aromatic carbocycles. The third-order valence-corrected chi connectivity index (χ3v) is 7.07. The molecule has 0 fully saturated rings. The third-order valence-electron chi connectivity index (χ3n) is 4.88. The first kappa shape index (κ1) is 22.8. The van der Waals surface area contributed by atoms with Gasteiger partial charge in [0, 0.05) is 8.95 Å². The van der Waals surface area contributed by atoms with Gasteiger partial charge in [-0.2, -0.15) is 0 Å². The lowest BCUT2D eigenvalue weighted by molar-refractivity contribution is -0.113. The van der Waals surface area contributed by atoms with Crippen molar-refractivity contribution in [2.45, 2.75) is 19.0 Å². The Kier molecular flexibility index (Phi) is 6.83. The van der Waals surface area contributed by atoms with Gasteiger partial charge in [-0.3, -0.25) is 14.2 Å². The number of nitrogens with one attached hydrogen (secondary N) is 1. The number of halogens is 2. The van der Waals surface area contributed by atoms with Gasteiger partial charge in [0.2, 0.25) is 5.91 Å². The number of hydrogen-bond donors (Lipinski definition) is 1. The van der Waals surface area contributed by atoms with Crippen LogP contribution in [0, 0.1) is 13.8 Å². The van der Waals surface area contributed by atoms with Crippen LogP contribution in [0.4, 0.5) is 5.69 Å². The first-order chi connectivity index (χ1) is 15.3. The summed E-state index contributed by atoms with van der Waals surface area (Å²) in [5.41, 5.74) is 3.89. The molecule has 0 aliphatic rings. The highest BCUT2D eigenvalue weighted by molar-refractivity contribution is 9.11. The summed E-state index contributed by atoms with van der Waals surface area (Å²) in [6.07, 6.45) is 0. The standard InChI is InChI=1S/C24H19Br2N3O2S/c1-14-11-17(25)22(18(26)12-14)28-21(30)13-32-24-27-19-9-5-4-8-16(19)23(31)29(24)20-10-6-3-7-15(20)2/h3-12H,13H2,1-2H3,(H,28,30). The van der Waals surface area contributed by atoms with Crippen molar-refractivity contribution in [3.63, 3.8) is 0 Å². The molecule has 1 aromatic heterocycles. The largest absolute Gasteiger partial charge is 0.323 e. The molecule has 0 saturated carbocycles. The number of hydrogen-bond acceptors (Lipinski definition) is 4. The van der Waals surface area contributed by atoms with E-state index in [4.69, 9.17) is 4.98 Å². The highest BCUT2D eigenvalue weighted by Crippen LogP contribution is 2.32. The van der Waals surface area contributed by atoms with Gasteiger partial charge in [-0.05, 0) is 87.2 Å². The zero-order valence-electron chi connectivity index (χ0n) is 17.4. The van der Waals surface area contributed by atoms with Crippen molar-refractivity contribution in [2.24, 2.45) is 0 Å². The zero-order valence-corrected chi connectivity index (χ0v) is 21.3. The van der Waals surface area contributed by atoms with Gasteiger partial charge in [0.05, 0.1) is 28.0 Å². The van der Waals surface area contributed by atoms with E-state index < -0.39 is 0 Å². The van der Waals surface area contributed by atoms with Crippen molar-refractivity contribution in [1.82, 2.24) is 9.55 Å². The lowest BCUT2D eigenvalue weighted by atomic mass is 10.2. The van der Waals surface area contributed by atoms with E-state index in [-0.39, 0.29) is 17.2 Å². The minimum atomic E-state index is -0.195. The second-order valence-corrected chi connectivity index (χ2v) is 9.93. The maximum atomic E-state index is 13.4. The van der Waals surface area contributed by atoms with E-state index in [1.807, 2.05) is 68.4 Å². The average molecular weight is 573 g/mol. The van der Waals surface area contributed by atoms with Crippen molar-refractivity contribution in [3.05, 3.63) is 91.1 Å². The number of amides is 1. The summed E-state index contributed by atoms with van der Waals surface area (Å²) in [7, 11) is 0. The summed E-state index contributed by atoms with van der Waals surface area (Å²) in [6, 6.07) is 18.8. The number of rotatable bonds is 5. The van der Waals surface area contributed by atoms with Crippen LogP contribution >= 0.6 is 43.6 Å². The summed E-state index contributed by atoms with van der Waals surface area (Å²) in [6.45, 7) is 3.93. The van der Waals surface area contributed by atoms with Gasteiger partial charge in [0.15, 0.2) is 5.16 Å². The number of carbonyl (C=O) groups is 1. The number of carbonyl (C=O) groups excluding carboxylic acids is 1. The van der Waals surface area contributed by atoms with Crippen LogP contribution < -0.4 is 10.9 Å². The molecule has 5 nitrogen and oxygen atoms in total. The smallest absolute Gasteiger partial charge is 0.266 e. The number of aromatic nitrogens is 2. The molecule has 4 rings (SSSR count). The van der Waals surface area contributed by atoms with E-state index in [0.29, 0.717) is 21.7 Å². The van der Waals surface area contributed by atoms with Crippen LogP contribution in [0.15, 0.2) is 79.6 Å². The summed E-state index contributed by atoms with van der Waals surface area (Å²) < 4.78 is 3.18. The van der Waals surface area contributed by atoms with Crippen LogP contribution in [0.1, 0.15) is 11.1 Å². The van der Waals surface area contributed by atoms with Crippen molar-refractivity contribution < 1.29 is 4.79 Å². The van der Waals surface area contributed by atoms with E-state index in [2.05, 4.69) is 37.2 Å². The number of benzene rings is 3. The Balaban J connectivity index is 1.69. The van der Waals surface area contributed by atoms with E-state index in [0.717, 1.165) is 25.8 Å². The fourth-order valence-electron chi connectivity index (χ4n) is 3.36. The van der Waals surface area contributed by atoms with E-state index in [1.165, 1.54) is 11.8 Å². The molecule has 4 aromatic rings. The number of fused-ring (bicyclic) bond motifs is 1. The maximum Gasteiger partial charge on any atom is 0.266 e. The molecule has 0 atom stereocenters. The minimum Gasteiger partial charge on any atom is -0.323 e. The first-order valence-electron chi connectivity index (χ1n) is 9.81. The Labute approximate surface area is 206 Å². The predicted octanol–water partition coefficient (Wildman–Crippen LogP) is 6.26. The van der Waals surface area contributed by atoms with Crippen molar-refractivity contribution in [1.29, 1.82) is 0 Å². The van der Waals surface area contributed by atoms with Gasteiger partial charge >= 0.3 is 0 Å². The molecule has 1 N–H and O–H groups in total. The van der Waals surface area contributed by atoms with Crippen LogP contribution in [-0.2, 0) is 4.79 Å². The molecule has 162 valence electrons. The molecular weight excluding hydrogens is 554 g/mol. The highest BCUT2D eigenvalue weighted by Gasteiger charge is 2.17. The van der Waals surface area contributed by atoms with Gasteiger partial charge in [-0.25, -0.2) is 4.98 Å². The van der Waals surface area contributed by atoms with Crippen molar-refractivity contribution >= 4 is 66.1 Å². The van der Waals surface area contributed by atoms with Gasteiger partial charge in [-0.1, -0.05) is 42.1 Å². The number of para-hydroxylation sites is 2. The Morgan fingerprint density at radius 1 is 1.03 bits per heavy atom. The molecule has 0 radical (unpaired) electrons. The average Bonchev–Trinajstić information content (AvgIpc) is 2.76. The topological polar surface area (TPSA) is 64.0 Å². The van der Waals surface area contributed by atoms with Crippen molar-refractivity contribution in [3.8, 4) is 5.69 Å². The normalized spacial score (nSPS) is 11.0.